The van der Waals surface area contributed by atoms with E-state index in [-0.39, 0.29) is 5.69 Å². The molecule has 0 amide bonds. The number of rotatable bonds is 7. The third-order valence-electron chi connectivity index (χ3n) is 2.64. The lowest BCUT2D eigenvalue weighted by molar-refractivity contribution is -0.137. The van der Waals surface area contributed by atoms with Crippen LogP contribution in [0.1, 0.15) is 24.8 Å². The number of anilines is 1. The average molecular weight is 295 g/mol. The topological polar surface area (TPSA) is 12.0 Å². The highest BCUT2D eigenvalue weighted by atomic mass is 32.2. The Morgan fingerprint density at radius 3 is 2.47 bits per heavy atom. The van der Waals surface area contributed by atoms with Gasteiger partial charge in [0, 0.05) is 6.54 Å². The lowest BCUT2D eigenvalue weighted by atomic mass is 10.2. The minimum Gasteiger partial charge on any atom is -0.383 e. The monoisotopic (exact) mass is 295 g/mol. The zero-order valence-corrected chi connectivity index (χ0v) is 11.5. The largest absolute Gasteiger partial charge is 0.416 e. The number of alkyl halides is 3. The fraction of sp³-hybridized carbons (Fsp3) is 0.538. The Balaban J connectivity index is 2.43. The molecule has 0 radical (unpaired) electrons. The highest BCUT2D eigenvalue weighted by Gasteiger charge is 2.31. The summed E-state index contributed by atoms with van der Waals surface area (Å²) >= 11 is 1.78. The van der Waals surface area contributed by atoms with Gasteiger partial charge in [0.05, 0.1) is 11.3 Å². The normalized spacial score (nSPS) is 11.6. The van der Waals surface area contributed by atoms with Crippen molar-refractivity contribution in [1.82, 2.24) is 0 Å². The minimum atomic E-state index is -4.50. The van der Waals surface area contributed by atoms with Crippen LogP contribution in [0.15, 0.2) is 18.2 Å². The SMILES string of the molecule is CSCCCCCNc1ccc(C(F)(F)F)cc1F. The number of halogens is 4. The van der Waals surface area contributed by atoms with Gasteiger partial charge in [-0.25, -0.2) is 4.39 Å². The Morgan fingerprint density at radius 2 is 1.89 bits per heavy atom. The first kappa shape index (κ1) is 16.1. The van der Waals surface area contributed by atoms with E-state index in [1.807, 2.05) is 6.26 Å². The van der Waals surface area contributed by atoms with E-state index in [2.05, 4.69) is 5.32 Å². The van der Waals surface area contributed by atoms with Gasteiger partial charge in [0.2, 0.25) is 0 Å². The highest BCUT2D eigenvalue weighted by Crippen LogP contribution is 2.31. The summed E-state index contributed by atoms with van der Waals surface area (Å²) in [4.78, 5) is 0. The van der Waals surface area contributed by atoms with E-state index in [1.165, 1.54) is 0 Å². The molecule has 0 heterocycles. The van der Waals surface area contributed by atoms with Crippen molar-refractivity contribution in [2.45, 2.75) is 25.4 Å². The molecule has 0 unspecified atom stereocenters. The van der Waals surface area contributed by atoms with Crippen LogP contribution in [0.4, 0.5) is 23.2 Å². The third kappa shape index (κ3) is 5.72. The van der Waals surface area contributed by atoms with Crippen LogP contribution in [-0.2, 0) is 6.18 Å². The maximum Gasteiger partial charge on any atom is 0.416 e. The fourth-order valence-corrected chi connectivity index (χ4v) is 2.10. The summed E-state index contributed by atoms with van der Waals surface area (Å²) in [6, 6.07) is 2.55. The van der Waals surface area contributed by atoms with Gasteiger partial charge in [0.1, 0.15) is 5.82 Å². The van der Waals surface area contributed by atoms with Crippen LogP contribution < -0.4 is 5.32 Å². The first-order chi connectivity index (χ1) is 8.95. The summed E-state index contributed by atoms with van der Waals surface area (Å²) in [7, 11) is 0. The van der Waals surface area contributed by atoms with E-state index < -0.39 is 17.6 Å². The molecule has 1 N–H and O–H groups in total. The molecule has 0 spiro atoms. The number of hydrogen-bond acceptors (Lipinski definition) is 2. The van der Waals surface area contributed by atoms with Gasteiger partial charge in [-0.2, -0.15) is 24.9 Å². The molecule has 0 aromatic heterocycles. The van der Waals surface area contributed by atoms with E-state index in [1.54, 1.807) is 11.8 Å². The molecule has 1 aromatic rings. The first-order valence-corrected chi connectivity index (χ1v) is 7.44. The van der Waals surface area contributed by atoms with Crippen LogP contribution in [0.25, 0.3) is 0 Å². The summed E-state index contributed by atoms with van der Waals surface area (Å²) in [6.07, 6.45) is 0.530. The van der Waals surface area contributed by atoms with Crippen molar-refractivity contribution in [3.8, 4) is 0 Å². The molecule has 6 heteroatoms. The molecule has 1 nitrogen and oxygen atoms in total. The Kier molecular flexibility index (Phi) is 6.48. The standard InChI is InChI=1S/C13H17F4NS/c1-19-8-4-2-3-7-18-12-6-5-10(9-11(12)14)13(15,16)17/h5-6,9,18H,2-4,7-8H2,1H3. The second-order valence-corrected chi connectivity index (χ2v) is 5.16. The third-order valence-corrected chi connectivity index (χ3v) is 3.33. The zero-order chi connectivity index (χ0) is 14.3. The summed E-state index contributed by atoms with van der Waals surface area (Å²) in [5.74, 6) is 0.230. The molecule has 1 aromatic carbocycles. The van der Waals surface area contributed by atoms with Crippen molar-refractivity contribution >= 4 is 17.4 Å². The van der Waals surface area contributed by atoms with Crippen LogP contribution >= 0.6 is 11.8 Å². The number of benzene rings is 1. The Labute approximate surface area is 114 Å². The van der Waals surface area contributed by atoms with Gasteiger partial charge in [0.25, 0.3) is 0 Å². The van der Waals surface area contributed by atoms with Crippen molar-refractivity contribution < 1.29 is 17.6 Å². The maximum absolute atomic E-state index is 13.4. The molecule has 0 fully saturated rings. The molecular weight excluding hydrogens is 278 g/mol. The van der Waals surface area contributed by atoms with E-state index in [4.69, 9.17) is 0 Å². The van der Waals surface area contributed by atoms with E-state index in [9.17, 15) is 17.6 Å². The Bertz CT molecular complexity index is 393. The Morgan fingerprint density at radius 1 is 1.16 bits per heavy atom. The highest BCUT2D eigenvalue weighted by molar-refractivity contribution is 7.98. The summed E-state index contributed by atoms with van der Waals surface area (Å²) in [6.45, 7) is 0.566. The molecule has 108 valence electrons. The predicted octanol–water partition coefficient (Wildman–Crippen LogP) is 4.79. The van der Waals surface area contributed by atoms with E-state index >= 15 is 0 Å². The van der Waals surface area contributed by atoms with Crippen LogP contribution in [0.2, 0.25) is 0 Å². The fourth-order valence-electron chi connectivity index (χ4n) is 1.61. The summed E-state index contributed by atoms with van der Waals surface area (Å²) in [5, 5.41) is 2.82. The van der Waals surface area contributed by atoms with Crippen LogP contribution in [0.3, 0.4) is 0 Å². The average Bonchev–Trinajstić information content (AvgIpc) is 2.34. The molecular formula is C13H17F4NS. The predicted molar refractivity (Wildman–Crippen MR) is 72.1 cm³/mol. The van der Waals surface area contributed by atoms with Gasteiger partial charge in [-0.3, -0.25) is 0 Å². The van der Waals surface area contributed by atoms with Crippen molar-refractivity contribution in [3.63, 3.8) is 0 Å². The van der Waals surface area contributed by atoms with Crippen molar-refractivity contribution in [2.75, 3.05) is 23.9 Å². The van der Waals surface area contributed by atoms with Crippen LogP contribution in [0, 0.1) is 5.82 Å². The number of nitrogens with one attached hydrogen (secondary N) is 1. The van der Waals surface area contributed by atoms with Crippen molar-refractivity contribution in [2.24, 2.45) is 0 Å². The lowest BCUT2D eigenvalue weighted by Gasteiger charge is -2.10. The van der Waals surface area contributed by atoms with Crippen molar-refractivity contribution in [3.05, 3.63) is 29.6 Å². The van der Waals surface area contributed by atoms with Gasteiger partial charge in [0.15, 0.2) is 0 Å². The van der Waals surface area contributed by atoms with Crippen molar-refractivity contribution in [1.29, 1.82) is 0 Å². The van der Waals surface area contributed by atoms with Crippen LogP contribution in [0.5, 0.6) is 0 Å². The van der Waals surface area contributed by atoms with Gasteiger partial charge in [-0.15, -0.1) is 0 Å². The van der Waals surface area contributed by atoms with Crippen LogP contribution in [-0.4, -0.2) is 18.6 Å². The van der Waals surface area contributed by atoms with E-state index in [0.717, 1.165) is 37.1 Å². The number of hydrogen-bond donors (Lipinski definition) is 1. The minimum absolute atomic E-state index is 0.123. The number of unbranched alkanes of at least 4 members (excludes halogenated alkanes) is 2. The first-order valence-electron chi connectivity index (χ1n) is 6.04. The quantitative estimate of drug-likeness (QED) is 0.573. The lowest BCUT2D eigenvalue weighted by Crippen LogP contribution is -2.08. The van der Waals surface area contributed by atoms with E-state index in [0.29, 0.717) is 12.6 Å². The second-order valence-electron chi connectivity index (χ2n) is 4.17. The summed E-state index contributed by atoms with van der Waals surface area (Å²) in [5.41, 5.74) is -0.839. The maximum atomic E-state index is 13.4. The second kappa shape index (κ2) is 7.62. The molecule has 0 saturated heterocycles. The molecule has 0 aliphatic rings. The van der Waals surface area contributed by atoms with Gasteiger partial charge in [-0.1, -0.05) is 6.42 Å². The molecule has 19 heavy (non-hydrogen) atoms. The molecule has 0 atom stereocenters. The van der Waals surface area contributed by atoms with Gasteiger partial charge < -0.3 is 5.32 Å². The zero-order valence-electron chi connectivity index (χ0n) is 10.7. The molecule has 1 rings (SSSR count). The Hall–Kier alpha value is -0.910. The number of thioether (sulfide) groups is 1. The smallest absolute Gasteiger partial charge is 0.383 e. The van der Waals surface area contributed by atoms with Gasteiger partial charge >= 0.3 is 6.18 Å². The molecule has 0 aliphatic carbocycles. The molecule has 0 saturated carbocycles. The van der Waals surface area contributed by atoms with Gasteiger partial charge in [-0.05, 0) is 43.0 Å². The molecule has 0 bridgehead atoms. The molecule has 0 aliphatic heterocycles. The summed E-state index contributed by atoms with van der Waals surface area (Å²) < 4.78 is 50.5.